The molecule has 1 aliphatic rings. The van der Waals surface area contributed by atoms with E-state index in [-0.39, 0.29) is 23.1 Å². The number of likely N-dealkylation sites (N-methyl/N-ethyl adjacent to an activating group) is 1. The number of carbonyl (C=O) groups excluding carboxylic acids is 2. The van der Waals surface area contributed by atoms with Crippen LogP contribution >= 0.6 is 0 Å². The lowest BCUT2D eigenvalue weighted by Crippen LogP contribution is -2.63. The van der Waals surface area contributed by atoms with Crippen LogP contribution in [0.2, 0.25) is 0 Å². The van der Waals surface area contributed by atoms with E-state index in [1.165, 1.54) is 17.0 Å². The second kappa shape index (κ2) is 4.77. The van der Waals surface area contributed by atoms with E-state index in [4.69, 9.17) is 5.73 Å². The average molecular weight is 279 g/mol. The zero-order chi connectivity index (χ0) is 15.1. The van der Waals surface area contributed by atoms with Crippen molar-refractivity contribution in [1.82, 2.24) is 9.80 Å². The van der Waals surface area contributed by atoms with E-state index >= 15 is 0 Å². The number of hydrogen-bond donors (Lipinski definition) is 1. The van der Waals surface area contributed by atoms with E-state index in [2.05, 4.69) is 0 Å². The fourth-order valence-corrected chi connectivity index (χ4v) is 2.40. The van der Waals surface area contributed by atoms with Gasteiger partial charge in [0.1, 0.15) is 11.4 Å². The molecule has 1 aliphatic heterocycles. The summed E-state index contributed by atoms with van der Waals surface area (Å²) in [5, 5.41) is 0. The van der Waals surface area contributed by atoms with Crippen LogP contribution in [0.25, 0.3) is 0 Å². The third-order valence-corrected chi connectivity index (χ3v) is 3.69. The van der Waals surface area contributed by atoms with E-state index in [9.17, 15) is 14.0 Å². The van der Waals surface area contributed by atoms with Crippen LogP contribution in [0, 0.1) is 5.82 Å². The number of piperazine rings is 1. The Kier molecular flexibility index (Phi) is 3.41. The van der Waals surface area contributed by atoms with Crippen molar-refractivity contribution in [2.75, 3.05) is 25.9 Å². The molecular formula is C14H18FN3O2. The Balaban J connectivity index is 2.33. The summed E-state index contributed by atoms with van der Waals surface area (Å²) < 4.78 is 13.2. The van der Waals surface area contributed by atoms with Crippen LogP contribution in [0.4, 0.5) is 10.1 Å². The first-order chi connectivity index (χ1) is 9.25. The smallest absolute Gasteiger partial charge is 0.254 e. The topological polar surface area (TPSA) is 66.6 Å². The minimum atomic E-state index is -0.923. The van der Waals surface area contributed by atoms with Gasteiger partial charge in [-0.15, -0.1) is 0 Å². The molecule has 2 amide bonds. The zero-order valence-electron chi connectivity index (χ0n) is 11.8. The van der Waals surface area contributed by atoms with Crippen molar-refractivity contribution in [3.8, 4) is 0 Å². The molecule has 1 saturated heterocycles. The van der Waals surface area contributed by atoms with Gasteiger partial charge in [-0.3, -0.25) is 9.59 Å². The van der Waals surface area contributed by atoms with Crippen molar-refractivity contribution in [3.63, 3.8) is 0 Å². The predicted octanol–water partition coefficient (Wildman–Crippen LogP) is 1.10. The summed E-state index contributed by atoms with van der Waals surface area (Å²) in [6.45, 7) is 4.32. The maximum atomic E-state index is 13.2. The number of nitrogen functional groups attached to an aromatic ring is 1. The molecule has 0 atom stereocenters. The summed E-state index contributed by atoms with van der Waals surface area (Å²) in [6.07, 6.45) is 0. The minimum Gasteiger partial charge on any atom is -0.396 e. The van der Waals surface area contributed by atoms with Crippen LogP contribution in [0.5, 0.6) is 0 Å². The third-order valence-electron chi connectivity index (χ3n) is 3.69. The second-order valence-electron chi connectivity index (χ2n) is 5.48. The van der Waals surface area contributed by atoms with E-state index in [1.54, 1.807) is 25.8 Å². The highest BCUT2D eigenvalue weighted by atomic mass is 19.1. The Morgan fingerprint density at radius 1 is 1.35 bits per heavy atom. The molecular weight excluding hydrogens is 261 g/mol. The number of hydrogen-bond acceptors (Lipinski definition) is 3. The van der Waals surface area contributed by atoms with E-state index in [0.29, 0.717) is 13.1 Å². The summed E-state index contributed by atoms with van der Waals surface area (Å²) in [7, 11) is 1.71. The van der Waals surface area contributed by atoms with Crippen LogP contribution in [0.3, 0.4) is 0 Å². The molecule has 1 aromatic carbocycles. The summed E-state index contributed by atoms with van der Waals surface area (Å²) in [5.41, 5.74) is 4.77. The number of anilines is 1. The van der Waals surface area contributed by atoms with E-state index < -0.39 is 11.4 Å². The molecule has 0 aromatic heterocycles. The van der Waals surface area contributed by atoms with Crippen LogP contribution in [-0.2, 0) is 4.79 Å². The van der Waals surface area contributed by atoms with E-state index in [0.717, 1.165) is 6.07 Å². The molecule has 0 radical (unpaired) electrons. The molecule has 108 valence electrons. The van der Waals surface area contributed by atoms with E-state index in [1.807, 2.05) is 0 Å². The van der Waals surface area contributed by atoms with Crippen LogP contribution in [0.15, 0.2) is 18.2 Å². The minimum absolute atomic E-state index is 0.0749. The molecule has 2 rings (SSSR count). The molecule has 0 spiro atoms. The van der Waals surface area contributed by atoms with Crippen LogP contribution < -0.4 is 5.73 Å². The van der Waals surface area contributed by atoms with Gasteiger partial charge in [-0.2, -0.15) is 0 Å². The number of nitrogens with two attached hydrogens (primary N) is 1. The maximum Gasteiger partial charge on any atom is 0.254 e. The number of halogens is 1. The highest BCUT2D eigenvalue weighted by Gasteiger charge is 2.43. The Labute approximate surface area is 117 Å². The second-order valence-corrected chi connectivity index (χ2v) is 5.48. The molecule has 0 bridgehead atoms. The van der Waals surface area contributed by atoms with Crippen molar-refractivity contribution in [2.24, 2.45) is 0 Å². The molecule has 6 heteroatoms. The Morgan fingerprint density at radius 2 is 2.00 bits per heavy atom. The number of benzene rings is 1. The molecule has 5 nitrogen and oxygen atoms in total. The molecule has 0 aliphatic carbocycles. The van der Waals surface area contributed by atoms with Crippen molar-refractivity contribution in [3.05, 3.63) is 29.6 Å². The average Bonchev–Trinajstić information content (AvgIpc) is 2.39. The van der Waals surface area contributed by atoms with Gasteiger partial charge in [0.05, 0.1) is 5.69 Å². The molecule has 2 N–H and O–H groups in total. The standard InChI is InChI=1S/C14H18FN3O2/c1-14(2)13(20)17(3)6-7-18(14)12(19)9-4-5-10(15)11(16)8-9/h4-5,8H,6-7,16H2,1-3H3. The van der Waals surface area contributed by atoms with Crippen molar-refractivity contribution < 1.29 is 14.0 Å². The summed E-state index contributed by atoms with van der Waals surface area (Å²) >= 11 is 0. The van der Waals surface area contributed by atoms with Crippen LogP contribution in [-0.4, -0.2) is 47.3 Å². The Hall–Kier alpha value is -2.11. The monoisotopic (exact) mass is 279 g/mol. The molecule has 0 unspecified atom stereocenters. The van der Waals surface area contributed by atoms with Crippen molar-refractivity contribution in [2.45, 2.75) is 19.4 Å². The lowest BCUT2D eigenvalue weighted by Gasteiger charge is -2.44. The van der Waals surface area contributed by atoms with Gasteiger partial charge in [-0.1, -0.05) is 0 Å². The van der Waals surface area contributed by atoms with Gasteiger partial charge in [0.25, 0.3) is 5.91 Å². The number of rotatable bonds is 1. The van der Waals surface area contributed by atoms with Crippen LogP contribution in [0.1, 0.15) is 24.2 Å². The molecule has 1 heterocycles. The Morgan fingerprint density at radius 3 is 2.60 bits per heavy atom. The van der Waals surface area contributed by atoms with Gasteiger partial charge in [0.2, 0.25) is 5.91 Å². The maximum absolute atomic E-state index is 13.2. The highest BCUT2D eigenvalue weighted by Crippen LogP contribution is 2.24. The van der Waals surface area contributed by atoms with Gasteiger partial charge in [-0.25, -0.2) is 4.39 Å². The number of nitrogens with zero attached hydrogens (tertiary/aromatic N) is 2. The molecule has 20 heavy (non-hydrogen) atoms. The molecule has 1 aromatic rings. The Bertz CT molecular complexity index is 572. The number of amides is 2. The van der Waals surface area contributed by atoms with Gasteiger partial charge in [-0.05, 0) is 32.0 Å². The zero-order valence-corrected chi connectivity index (χ0v) is 11.8. The normalized spacial score (nSPS) is 18.3. The van der Waals surface area contributed by atoms with Gasteiger partial charge in [0, 0.05) is 25.7 Å². The summed E-state index contributed by atoms with van der Waals surface area (Å²) in [5.74, 6) is -0.995. The van der Waals surface area contributed by atoms with Gasteiger partial charge in [0.15, 0.2) is 0 Å². The first kappa shape index (κ1) is 14.3. The SMILES string of the molecule is CN1CCN(C(=O)c2ccc(F)c(N)c2)C(C)(C)C1=O. The van der Waals surface area contributed by atoms with Gasteiger partial charge < -0.3 is 15.5 Å². The predicted molar refractivity (Wildman–Crippen MR) is 73.6 cm³/mol. The number of carbonyl (C=O) groups is 2. The van der Waals surface area contributed by atoms with Crippen molar-refractivity contribution >= 4 is 17.5 Å². The first-order valence-corrected chi connectivity index (χ1v) is 6.37. The fourth-order valence-electron chi connectivity index (χ4n) is 2.40. The molecule has 1 fully saturated rings. The third kappa shape index (κ3) is 2.21. The summed E-state index contributed by atoms with van der Waals surface area (Å²) in [6, 6.07) is 3.84. The fraction of sp³-hybridized carbons (Fsp3) is 0.429. The largest absolute Gasteiger partial charge is 0.396 e. The quantitative estimate of drug-likeness (QED) is 0.783. The molecule has 0 saturated carbocycles. The lowest BCUT2D eigenvalue weighted by molar-refractivity contribution is -0.144. The lowest BCUT2D eigenvalue weighted by atomic mass is 9.96. The summed E-state index contributed by atoms with van der Waals surface area (Å²) in [4.78, 5) is 27.8. The highest BCUT2D eigenvalue weighted by molar-refractivity contribution is 6.00. The first-order valence-electron chi connectivity index (χ1n) is 6.37. The van der Waals surface area contributed by atoms with Crippen molar-refractivity contribution in [1.29, 1.82) is 0 Å². The van der Waals surface area contributed by atoms with Gasteiger partial charge >= 0.3 is 0 Å².